The molecule has 0 aromatic carbocycles. The predicted molar refractivity (Wildman–Crippen MR) is 63.3 cm³/mol. The first-order valence-corrected chi connectivity index (χ1v) is 7.12. The lowest BCUT2D eigenvalue weighted by Gasteiger charge is -2.11. The van der Waals surface area contributed by atoms with Crippen LogP contribution in [0.2, 0.25) is 4.34 Å². The fourth-order valence-electron chi connectivity index (χ4n) is 1.04. The second kappa shape index (κ2) is 5.65. The number of thiophene rings is 1. The van der Waals surface area contributed by atoms with Gasteiger partial charge in [-0.25, -0.2) is 8.42 Å². The third-order valence-electron chi connectivity index (χ3n) is 1.79. The zero-order valence-corrected chi connectivity index (χ0v) is 11.0. The Morgan fingerprint density at radius 2 is 2.00 bits per heavy atom. The van der Waals surface area contributed by atoms with Crippen LogP contribution >= 0.6 is 22.9 Å². The van der Waals surface area contributed by atoms with E-state index in [2.05, 4.69) is 0 Å². The van der Waals surface area contributed by atoms with Gasteiger partial charge in [0.2, 0.25) is 0 Å². The number of hydrogen-bond donors (Lipinski definition) is 3. The molecule has 7 nitrogen and oxygen atoms in total. The van der Waals surface area contributed by atoms with Crippen molar-refractivity contribution in [2.24, 2.45) is 0 Å². The van der Waals surface area contributed by atoms with Gasteiger partial charge in [0.25, 0.3) is 10.0 Å². The van der Waals surface area contributed by atoms with Gasteiger partial charge in [0, 0.05) is 0 Å². The van der Waals surface area contributed by atoms with E-state index in [-0.39, 0.29) is 8.55 Å². The standard InChI is InChI=1S/C8H8ClNO6S2/c9-5-1-2-7(17-5)18(15,16)10-4(8(13)14)3-6(11)12/h1-2,4,10H,3H2,(H,11,12)(H,13,14). The summed E-state index contributed by atoms with van der Waals surface area (Å²) in [5, 5.41) is 17.2. The van der Waals surface area contributed by atoms with E-state index in [1.54, 1.807) is 4.72 Å². The molecular weight excluding hydrogens is 306 g/mol. The molecule has 0 bridgehead atoms. The molecular formula is C8H8ClNO6S2. The molecule has 0 fully saturated rings. The van der Waals surface area contributed by atoms with Gasteiger partial charge in [-0.3, -0.25) is 9.59 Å². The van der Waals surface area contributed by atoms with Crippen LogP contribution in [0.4, 0.5) is 0 Å². The zero-order valence-electron chi connectivity index (χ0n) is 8.66. The summed E-state index contributed by atoms with van der Waals surface area (Å²) < 4.78 is 25.3. The lowest BCUT2D eigenvalue weighted by Crippen LogP contribution is -2.41. The van der Waals surface area contributed by atoms with Crippen LogP contribution in [-0.4, -0.2) is 36.6 Å². The summed E-state index contributed by atoms with van der Waals surface area (Å²) in [7, 11) is -4.09. The minimum atomic E-state index is -4.09. The molecule has 3 N–H and O–H groups in total. The van der Waals surface area contributed by atoms with Crippen LogP contribution in [0.1, 0.15) is 6.42 Å². The highest BCUT2D eigenvalue weighted by atomic mass is 35.5. The van der Waals surface area contributed by atoms with Gasteiger partial charge in [-0.1, -0.05) is 11.6 Å². The maximum atomic E-state index is 11.7. The van der Waals surface area contributed by atoms with E-state index < -0.39 is 34.4 Å². The number of nitrogens with one attached hydrogen (secondary N) is 1. The Morgan fingerprint density at radius 3 is 2.39 bits per heavy atom. The third kappa shape index (κ3) is 3.95. The minimum Gasteiger partial charge on any atom is -0.481 e. The fourth-order valence-corrected chi connectivity index (χ4v) is 3.73. The van der Waals surface area contributed by atoms with E-state index in [0.717, 1.165) is 11.3 Å². The number of halogens is 1. The van der Waals surface area contributed by atoms with Crippen molar-refractivity contribution >= 4 is 44.9 Å². The molecule has 1 aromatic rings. The third-order valence-corrected chi connectivity index (χ3v) is 4.98. The number of hydrogen-bond acceptors (Lipinski definition) is 5. The van der Waals surface area contributed by atoms with Crippen molar-refractivity contribution < 1.29 is 28.2 Å². The van der Waals surface area contributed by atoms with Gasteiger partial charge in [-0.15, -0.1) is 11.3 Å². The molecule has 1 heterocycles. The number of carbonyl (C=O) groups is 2. The highest BCUT2D eigenvalue weighted by molar-refractivity contribution is 7.91. The van der Waals surface area contributed by atoms with Gasteiger partial charge >= 0.3 is 11.9 Å². The first-order valence-electron chi connectivity index (χ1n) is 4.44. The summed E-state index contributed by atoms with van der Waals surface area (Å²) in [5.41, 5.74) is 0. The van der Waals surface area contributed by atoms with E-state index >= 15 is 0 Å². The summed E-state index contributed by atoms with van der Waals surface area (Å²) in [4.78, 5) is 21.2. The van der Waals surface area contributed by atoms with Crippen molar-refractivity contribution in [1.29, 1.82) is 0 Å². The normalized spacial score (nSPS) is 13.2. The Hall–Kier alpha value is -1.16. The second-order valence-electron chi connectivity index (χ2n) is 3.17. The summed E-state index contributed by atoms with van der Waals surface area (Å²) in [6, 6.07) is 0.816. The molecule has 0 radical (unpaired) electrons. The van der Waals surface area contributed by atoms with E-state index in [0.29, 0.717) is 0 Å². The Labute approximate surface area is 111 Å². The van der Waals surface area contributed by atoms with Crippen LogP contribution in [0, 0.1) is 0 Å². The molecule has 1 atom stereocenters. The number of sulfonamides is 1. The van der Waals surface area contributed by atoms with Crippen LogP contribution in [0.5, 0.6) is 0 Å². The monoisotopic (exact) mass is 313 g/mol. The van der Waals surface area contributed by atoms with Gasteiger partial charge in [0.15, 0.2) is 0 Å². The maximum Gasteiger partial charge on any atom is 0.322 e. The quantitative estimate of drug-likeness (QED) is 0.707. The average molecular weight is 314 g/mol. The van der Waals surface area contributed by atoms with Gasteiger partial charge < -0.3 is 10.2 Å². The molecule has 100 valence electrons. The Kier molecular flexibility index (Phi) is 4.68. The van der Waals surface area contributed by atoms with Crippen molar-refractivity contribution in [2.75, 3.05) is 0 Å². The molecule has 1 aromatic heterocycles. The molecule has 0 amide bonds. The second-order valence-corrected chi connectivity index (χ2v) is 6.82. The average Bonchev–Trinajstić information content (AvgIpc) is 2.63. The summed E-state index contributed by atoms with van der Waals surface area (Å²) in [6.07, 6.45) is -0.854. The largest absolute Gasteiger partial charge is 0.481 e. The molecule has 0 spiro atoms. The van der Waals surface area contributed by atoms with E-state index in [1.165, 1.54) is 12.1 Å². The van der Waals surface area contributed by atoms with Gasteiger partial charge in [-0.05, 0) is 12.1 Å². The molecule has 1 rings (SSSR count). The first kappa shape index (κ1) is 14.9. The van der Waals surface area contributed by atoms with Crippen molar-refractivity contribution in [3.8, 4) is 0 Å². The van der Waals surface area contributed by atoms with Crippen LogP contribution in [0.15, 0.2) is 16.3 Å². The van der Waals surface area contributed by atoms with E-state index in [1.807, 2.05) is 0 Å². The molecule has 18 heavy (non-hydrogen) atoms. The van der Waals surface area contributed by atoms with Gasteiger partial charge in [0.05, 0.1) is 10.8 Å². The highest BCUT2D eigenvalue weighted by Crippen LogP contribution is 2.25. The maximum absolute atomic E-state index is 11.7. The van der Waals surface area contributed by atoms with Crippen molar-refractivity contribution in [3.05, 3.63) is 16.5 Å². The highest BCUT2D eigenvalue weighted by Gasteiger charge is 2.28. The summed E-state index contributed by atoms with van der Waals surface area (Å²) >= 11 is 6.31. The molecule has 0 saturated carbocycles. The van der Waals surface area contributed by atoms with E-state index in [4.69, 9.17) is 21.8 Å². The lowest BCUT2D eigenvalue weighted by atomic mass is 10.2. The number of rotatable bonds is 6. The number of carboxylic acids is 2. The van der Waals surface area contributed by atoms with Crippen LogP contribution in [0.3, 0.4) is 0 Å². The topological polar surface area (TPSA) is 121 Å². The van der Waals surface area contributed by atoms with Crippen LogP contribution in [0.25, 0.3) is 0 Å². The smallest absolute Gasteiger partial charge is 0.322 e. The predicted octanol–water partition coefficient (Wildman–Crippen LogP) is 0.608. The first-order chi connectivity index (χ1) is 8.22. The zero-order chi connectivity index (χ0) is 13.9. The molecule has 0 aliphatic carbocycles. The molecule has 0 saturated heterocycles. The Balaban J connectivity index is 2.93. The molecule has 0 aliphatic rings. The fraction of sp³-hybridized carbons (Fsp3) is 0.250. The van der Waals surface area contributed by atoms with E-state index in [9.17, 15) is 18.0 Å². The van der Waals surface area contributed by atoms with Crippen LogP contribution in [-0.2, 0) is 19.6 Å². The van der Waals surface area contributed by atoms with Gasteiger partial charge in [0.1, 0.15) is 10.3 Å². The lowest BCUT2D eigenvalue weighted by molar-refractivity contribution is -0.145. The SMILES string of the molecule is O=C(O)CC(NS(=O)(=O)c1ccc(Cl)s1)C(=O)O. The van der Waals surface area contributed by atoms with Crippen molar-refractivity contribution in [2.45, 2.75) is 16.7 Å². The Bertz CT molecular complexity index is 566. The summed E-state index contributed by atoms with van der Waals surface area (Å²) in [5.74, 6) is -2.99. The van der Waals surface area contributed by atoms with Crippen LogP contribution < -0.4 is 4.72 Å². The Morgan fingerprint density at radius 1 is 1.39 bits per heavy atom. The molecule has 1 unspecified atom stereocenters. The molecule has 0 aliphatic heterocycles. The minimum absolute atomic E-state index is 0.177. The number of carboxylic acid groups (broad SMARTS) is 2. The van der Waals surface area contributed by atoms with Gasteiger partial charge in [-0.2, -0.15) is 4.72 Å². The number of aliphatic carboxylic acids is 2. The van der Waals surface area contributed by atoms with Crippen molar-refractivity contribution in [1.82, 2.24) is 4.72 Å². The summed E-state index contributed by atoms with van der Waals surface area (Å²) in [6.45, 7) is 0. The van der Waals surface area contributed by atoms with Crippen molar-refractivity contribution in [3.63, 3.8) is 0 Å². The molecule has 10 heteroatoms.